The van der Waals surface area contributed by atoms with Gasteiger partial charge >= 0.3 is 11.9 Å². The van der Waals surface area contributed by atoms with E-state index in [0.29, 0.717) is 16.8 Å². The van der Waals surface area contributed by atoms with Crippen LogP contribution in [0, 0.1) is 6.92 Å². The second-order valence-corrected chi connectivity index (χ2v) is 8.67. The standard InChI is InChI=1S/C25H23N3O7S/c1-4-34-17-12-15(6-7-16(17)29)19-18(20(30)14-8-10-26-11-9-14)21(31)23(32)28(19)25-27-13(3)22(36-25)24(33)35-5-2/h6-12,19,29-30H,4-5H2,1-3H3/b20-18+. The Morgan fingerprint density at radius 1 is 1.14 bits per heavy atom. The highest BCUT2D eigenvalue weighted by Crippen LogP contribution is 2.45. The lowest BCUT2D eigenvalue weighted by Crippen LogP contribution is -2.29. The van der Waals surface area contributed by atoms with Crippen LogP contribution < -0.4 is 9.64 Å². The number of aromatic nitrogens is 2. The van der Waals surface area contributed by atoms with Gasteiger partial charge in [-0.2, -0.15) is 0 Å². The van der Waals surface area contributed by atoms with Gasteiger partial charge in [0, 0.05) is 18.0 Å². The summed E-state index contributed by atoms with van der Waals surface area (Å²) in [6.07, 6.45) is 2.90. The summed E-state index contributed by atoms with van der Waals surface area (Å²) in [7, 11) is 0. The van der Waals surface area contributed by atoms with Gasteiger partial charge in [0.15, 0.2) is 16.6 Å². The van der Waals surface area contributed by atoms with Gasteiger partial charge in [0.2, 0.25) is 0 Å². The Morgan fingerprint density at radius 2 is 1.86 bits per heavy atom. The zero-order valence-corrected chi connectivity index (χ0v) is 20.5. The molecule has 1 unspecified atom stereocenters. The first-order chi connectivity index (χ1) is 17.3. The number of nitrogens with zero attached hydrogens (tertiary/aromatic N) is 3. The highest BCUT2D eigenvalue weighted by Gasteiger charge is 2.48. The van der Waals surface area contributed by atoms with Crippen LogP contribution in [0.2, 0.25) is 0 Å². The number of aromatic hydroxyl groups is 1. The van der Waals surface area contributed by atoms with Crippen LogP contribution in [0.1, 0.15) is 46.4 Å². The molecule has 3 aromatic rings. The van der Waals surface area contributed by atoms with E-state index in [1.807, 2.05) is 0 Å². The third kappa shape index (κ3) is 4.40. The highest BCUT2D eigenvalue weighted by atomic mass is 32.1. The molecule has 0 spiro atoms. The molecule has 2 N–H and O–H groups in total. The first-order valence-electron chi connectivity index (χ1n) is 11.1. The minimum absolute atomic E-state index is 0.0856. The summed E-state index contributed by atoms with van der Waals surface area (Å²) in [6.45, 7) is 5.45. The molecule has 0 bridgehead atoms. The summed E-state index contributed by atoms with van der Waals surface area (Å²) in [4.78, 5) is 48.6. The maximum absolute atomic E-state index is 13.3. The van der Waals surface area contributed by atoms with Crippen LogP contribution in [0.25, 0.3) is 5.76 Å². The van der Waals surface area contributed by atoms with Crippen molar-refractivity contribution in [2.45, 2.75) is 26.8 Å². The largest absolute Gasteiger partial charge is 0.507 e. The number of amides is 1. The average Bonchev–Trinajstić information content (AvgIpc) is 3.37. The fourth-order valence-corrected chi connectivity index (χ4v) is 4.84. The predicted octanol–water partition coefficient (Wildman–Crippen LogP) is 3.75. The van der Waals surface area contributed by atoms with Crippen molar-refractivity contribution < 1.29 is 34.1 Å². The second-order valence-electron chi connectivity index (χ2n) is 7.70. The van der Waals surface area contributed by atoms with E-state index in [9.17, 15) is 24.6 Å². The number of hydrogen-bond acceptors (Lipinski definition) is 10. The van der Waals surface area contributed by atoms with E-state index in [2.05, 4.69) is 9.97 Å². The van der Waals surface area contributed by atoms with Crippen molar-refractivity contribution in [1.82, 2.24) is 9.97 Å². The van der Waals surface area contributed by atoms with E-state index in [4.69, 9.17) is 9.47 Å². The van der Waals surface area contributed by atoms with Gasteiger partial charge in [-0.25, -0.2) is 9.78 Å². The summed E-state index contributed by atoms with van der Waals surface area (Å²) < 4.78 is 10.6. The molecule has 1 atom stereocenters. The lowest BCUT2D eigenvalue weighted by atomic mass is 9.95. The molecule has 3 heterocycles. The predicted molar refractivity (Wildman–Crippen MR) is 131 cm³/mol. The lowest BCUT2D eigenvalue weighted by molar-refractivity contribution is -0.132. The first kappa shape index (κ1) is 24.9. The maximum atomic E-state index is 13.3. The Balaban J connectivity index is 1.93. The number of phenols is 1. The van der Waals surface area contributed by atoms with Crippen molar-refractivity contribution in [3.63, 3.8) is 0 Å². The number of pyridine rings is 1. The molecule has 186 valence electrons. The molecular weight excluding hydrogens is 486 g/mol. The maximum Gasteiger partial charge on any atom is 0.350 e. The fraction of sp³-hybridized carbons (Fsp3) is 0.240. The molecule has 0 aliphatic carbocycles. The van der Waals surface area contributed by atoms with Gasteiger partial charge in [0.1, 0.15) is 10.6 Å². The first-order valence-corrected chi connectivity index (χ1v) is 11.9. The van der Waals surface area contributed by atoms with E-state index in [0.717, 1.165) is 16.2 Å². The van der Waals surface area contributed by atoms with Gasteiger partial charge in [-0.3, -0.25) is 19.5 Å². The number of carbonyl (C=O) groups excluding carboxylic acids is 3. The molecule has 11 heteroatoms. The van der Waals surface area contributed by atoms with Crippen molar-refractivity contribution in [3.8, 4) is 11.5 Å². The average molecular weight is 510 g/mol. The zero-order chi connectivity index (χ0) is 26.0. The Morgan fingerprint density at radius 3 is 2.53 bits per heavy atom. The van der Waals surface area contributed by atoms with Crippen LogP contribution in [0.4, 0.5) is 5.13 Å². The molecule has 1 amide bonds. The highest BCUT2D eigenvalue weighted by molar-refractivity contribution is 7.17. The number of aliphatic hydroxyl groups is 1. The Kier molecular flexibility index (Phi) is 7.02. The normalized spacial score (nSPS) is 16.9. The van der Waals surface area contributed by atoms with E-state index in [-0.39, 0.29) is 40.3 Å². The molecule has 10 nitrogen and oxygen atoms in total. The summed E-state index contributed by atoms with van der Waals surface area (Å²) in [5.74, 6) is -2.81. The molecule has 2 aromatic heterocycles. The van der Waals surface area contributed by atoms with Gasteiger partial charge in [-0.1, -0.05) is 17.4 Å². The number of thiazole rings is 1. The molecule has 1 fully saturated rings. The number of benzene rings is 1. The lowest BCUT2D eigenvalue weighted by Gasteiger charge is -2.23. The number of phenolic OH excluding ortho intramolecular Hbond substituents is 1. The van der Waals surface area contributed by atoms with Crippen molar-refractivity contribution in [3.05, 3.63) is 70.0 Å². The summed E-state index contributed by atoms with van der Waals surface area (Å²) in [5.41, 5.74) is 0.838. The van der Waals surface area contributed by atoms with Crippen molar-refractivity contribution in [2.75, 3.05) is 18.1 Å². The molecular formula is C25H23N3O7S. The van der Waals surface area contributed by atoms with Crippen molar-refractivity contribution in [2.24, 2.45) is 0 Å². The Labute approximate surface area is 210 Å². The number of anilines is 1. The number of aryl methyl sites for hydroxylation is 1. The minimum Gasteiger partial charge on any atom is -0.507 e. The van der Waals surface area contributed by atoms with E-state index < -0.39 is 29.5 Å². The monoisotopic (exact) mass is 509 g/mol. The van der Waals surface area contributed by atoms with Crippen LogP contribution >= 0.6 is 11.3 Å². The third-order valence-corrected chi connectivity index (χ3v) is 6.59. The Hall–Kier alpha value is -4.25. The van der Waals surface area contributed by atoms with Gasteiger partial charge < -0.3 is 19.7 Å². The minimum atomic E-state index is -1.11. The van der Waals surface area contributed by atoms with Crippen LogP contribution in [-0.4, -0.2) is 51.1 Å². The number of ketones is 1. The van der Waals surface area contributed by atoms with Crippen molar-refractivity contribution in [1.29, 1.82) is 0 Å². The topological polar surface area (TPSA) is 139 Å². The Bertz CT molecular complexity index is 1370. The van der Waals surface area contributed by atoms with E-state index in [1.54, 1.807) is 20.8 Å². The van der Waals surface area contributed by atoms with Gasteiger partial charge in [-0.15, -0.1) is 0 Å². The molecule has 1 aliphatic heterocycles. The molecule has 36 heavy (non-hydrogen) atoms. The van der Waals surface area contributed by atoms with Gasteiger partial charge in [0.05, 0.1) is 30.5 Å². The van der Waals surface area contributed by atoms with Gasteiger partial charge in [-0.05, 0) is 50.6 Å². The van der Waals surface area contributed by atoms with E-state index >= 15 is 0 Å². The number of Topliss-reactive ketones (excluding diaryl/α,β-unsaturated/α-hetero) is 1. The molecule has 1 saturated heterocycles. The molecule has 1 aromatic carbocycles. The number of rotatable bonds is 7. The molecule has 4 rings (SSSR count). The van der Waals surface area contributed by atoms with Crippen LogP contribution in [-0.2, 0) is 14.3 Å². The smallest absolute Gasteiger partial charge is 0.350 e. The molecule has 1 aliphatic rings. The number of ether oxygens (including phenoxy) is 2. The zero-order valence-electron chi connectivity index (χ0n) is 19.7. The SMILES string of the molecule is CCOC(=O)c1sc(N2C(=O)C(=O)/C(=C(/O)c3ccncc3)C2c2ccc(O)c(OCC)c2)nc1C. The van der Waals surface area contributed by atoms with Gasteiger partial charge in [0.25, 0.3) is 5.78 Å². The molecule has 0 saturated carbocycles. The van der Waals surface area contributed by atoms with Crippen LogP contribution in [0.3, 0.4) is 0 Å². The van der Waals surface area contributed by atoms with Crippen LogP contribution in [0.5, 0.6) is 11.5 Å². The summed E-state index contributed by atoms with van der Waals surface area (Å²) in [6, 6.07) is 6.30. The fourth-order valence-electron chi connectivity index (χ4n) is 3.85. The third-order valence-electron chi connectivity index (χ3n) is 5.45. The van der Waals surface area contributed by atoms with E-state index in [1.165, 1.54) is 42.7 Å². The number of carbonyl (C=O) groups is 3. The van der Waals surface area contributed by atoms with Crippen molar-refractivity contribution >= 4 is 39.9 Å². The number of aliphatic hydroxyl groups excluding tert-OH is 1. The summed E-state index contributed by atoms with van der Waals surface area (Å²) in [5, 5.41) is 21.4. The number of hydrogen-bond donors (Lipinski definition) is 2. The second kappa shape index (κ2) is 10.2. The molecule has 0 radical (unpaired) electrons. The quantitative estimate of drug-likeness (QED) is 0.211. The summed E-state index contributed by atoms with van der Waals surface area (Å²) >= 11 is 0.909. The van der Waals surface area contributed by atoms with Crippen LogP contribution in [0.15, 0.2) is 48.3 Å². The number of esters is 1.